The van der Waals surface area contributed by atoms with Crippen molar-refractivity contribution >= 4 is 17.4 Å². The number of ketones is 1. The number of aliphatic hydroxyl groups excluding tert-OH is 1. The topological polar surface area (TPSA) is 71.3 Å². The standard InChI is InChI=1S/C24H28N2O4/c1-4-16-30-19-12-10-18(11-13-19)22(27)20-21(17-8-6-5-7-9-17)26(15-14-25(2)3)24(29)23(20)28/h5-13,21,27H,4,14-16H2,1-3H3/p+1/b22-20+/t21-/m1/s1. The lowest BCUT2D eigenvalue weighted by atomic mass is 9.95. The van der Waals surface area contributed by atoms with Gasteiger partial charge in [-0.05, 0) is 36.2 Å². The molecule has 6 heteroatoms. The molecule has 1 fully saturated rings. The maximum absolute atomic E-state index is 12.9. The van der Waals surface area contributed by atoms with E-state index in [0.29, 0.717) is 31.0 Å². The Morgan fingerprint density at radius 3 is 2.33 bits per heavy atom. The van der Waals surface area contributed by atoms with Crippen LogP contribution >= 0.6 is 0 Å². The van der Waals surface area contributed by atoms with Gasteiger partial charge in [0.2, 0.25) is 0 Å². The van der Waals surface area contributed by atoms with Crippen molar-refractivity contribution < 1.29 is 24.3 Å². The van der Waals surface area contributed by atoms with E-state index in [0.717, 1.165) is 12.0 Å². The normalized spacial score (nSPS) is 18.3. The fourth-order valence-corrected chi connectivity index (χ4v) is 3.52. The fraction of sp³-hybridized carbons (Fsp3) is 0.333. The van der Waals surface area contributed by atoms with Gasteiger partial charge in [-0.3, -0.25) is 9.59 Å². The van der Waals surface area contributed by atoms with E-state index in [9.17, 15) is 14.7 Å². The number of carbonyl (C=O) groups excluding carboxylic acids is 2. The predicted molar refractivity (Wildman–Crippen MR) is 115 cm³/mol. The molecule has 2 aromatic carbocycles. The van der Waals surface area contributed by atoms with Crippen LogP contribution in [-0.4, -0.2) is 55.5 Å². The van der Waals surface area contributed by atoms with E-state index in [1.807, 2.05) is 51.4 Å². The number of nitrogens with zero attached hydrogens (tertiary/aromatic N) is 1. The summed E-state index contributed by atoms with van der Waals surface area (Å²) in [4.78, 5) is 28.5. The van der Waals surface area contributed by atoms with Crippen molar-refractivity contribution in [3.63, 3.8) is 0 Å². The van der Waals surface area contributed by atoms with Gasteiger partial charge in [-0.15, -0.1) is 0 Å². The Balaban J connectivity index is 2.03. The Kier molecular flexibility index (Phi) is 6.90. The molecule has 3 rings (SSSR count). The summed E-state index contributed by atoms with van der Waals surface area (Å²) in [7, 11) is 3.99. The average molecular weight is 410 g/mol. The van der Waals surface area contributed by atoms with Crippen molar-refractivity contribution in [2.45, 2.75) is 19.4 Å². The lowest BCUT2D eigenvalue weighted by Gasteiger charge is -2.25. The van der Waals surface area contributed by atoms with E-state index >= 15 is 0 Å². The molecule has 1 aliphatic rings. The minimum absolute atomic E-state index is 0.127. The van der Waals surface area contributed by atoms with Gasteiger partial charge < -0.3 is 19.6 Å². The Morgan fingerprint density at radius 2 is 1.73 bits per heavy atom. The van der Waals surface area contributed by atoms with Gasteiger partial charge in [0, 0.05) is 5.56 Å². The second kappa shape index (κ2) is 9.59. The molecule has 1 heterocycles. The second-order valence-electron chi connectivity index (χ2n) is 7.73. The molecule has 30 heavy (non-hydrogen) atoms. The Morgan fingerprint density at radius 1 is 1.07 bits per heavy atom. The van der Waals surface area contributed by atoms with Crippen LogP contribution in [-0.2, 0) is 9.59 Å². The summed E-state index contributed by atoms with van der Waals surface area (Å²) in [5, 5.41) is 11.0. The molecule has 0 saturated carbocycles. The van der Waals surface area contributed by atoms with Crippen LogP contribution in [0.4, 0.5) is 0 Å². The predicted octanol–water partition coefficient (Wildman–Crippen LogP) is 2.04. The highest BCUT2D eigenvalue weighted by Gasteiger charge is 2.46. The summed E-state index contributed by atoms with van der Waals surface area (Å²) in [6, 6.07) is 15.7. The van der Waals surface area contributed by atoms with Crippen LogP contribution in [0.5, 0.6) is 5.75 Å². The van der Waals surface area contributed by atoms with Gasteiger partial charge in [0.25, 0.3) is 11.7 Å². The zero-order chi connectivity index (χ0) is 21.7. The smallest absolute Gasteiger partial charge is 0.295 e. The molecule has 0 aromatic heterocycles. The molecule has 158 valence electrons. The molecular weight excluding hydrogens is 380 g/mol. The number of likely N-dealkylation sites (tertiary alicyclic amines) is 1. The minimum atomic E-state index is -0.651. The first-order valence-electron chi connectivity index (χ1n) is 10.3. The highest BCUT2D eigenvalue weighted by atomic mass is 16.5. The maximum atomic E-state index is 12.9. The summed E-state index contributed by atoms with van der Waals surface area (Å²) >= 11 is 0. The lowest BCUT2D eigenvalue weighted by molar-refractivity contribution is -0.857. The van der Waals surface area contributed by atoms with Gasteiger partial charge in [0.05, 0.1) is 45.4 Å². The minimum Gasteiger partial charge on any atom is -0.507 e. The number of hydrogen-bond donors (Lipinski definition) is 2. The summed E-state index contributed by atoms with van der Waals surface area (Å²) in [5.74, 6) is -0.692. The molecule has 0 aliphatic carbocycles. The van der Waals surface area contributed by atoms with Crippen LogP contribution in [0.3, 0.4) is 0 Å². The first-order valence-corrected chi connectivity index (χ1v) is 10.3. The van der Waals surface area contributed by atoms with Gasteiger partial charge in [0.15, 0.2) is 0 Å². The average Bonchev–Trinajstić information content (AvgIpc) is 3.01. The molecule has 1 saturated heterocycles. The number of quaternary nitrogens is 1. The van der Waals surface area contributed by atoms with Crippen LogP contribution in [0.2, 0.25) is 0 Å². The van der Waals surface area contributed by atoms with E-state index in [1.165, 1.54) is 4.90 Å². The highest BCUT2D eigenvalue weighted by molar-refractivity contribution is 6.46. The van der Waals surface area contributed by atoms with Gasteiger partial charge in [0.1, 0.15) is 11.5 Å². The van der Waals surface area contributed by atoms with Gasteiger partial charge in [-0.25, -0.2) is 0 Å². The molecule has 6 nitrogen and oxygen atoms in total. The number of rotatable bonds is 8. The monoisotopic (exact) mass is 409 g/mol. The number of aliphatic hydroxyl groups is 1. The third kappa shape index (κ3) is 4.54. The van der Waals surface area contributed by atoms with Gasteiger partial charge >= 0.3 is 0 Å². The Hall–Kier alpha value is -3.12. The highest BCUT2D eigenvalue weighted by Crippen LogP contribution is 2.39. The number of amides is 1. The first-order chi connectivity index (χ1) is 14.4. The summed E-state index contributed by atoms with van der Waals surface area (Å²) in [6.07, 6.45) is 0.900. The number of hydrogen-bond acceptors (Lipinski definition) is 4. The molecule has 1 amide bonds. The zero-order valence-corrected chi connectivity index (χ0v) is 17.7. The number of likely N-dealkylation sites (N-methyl/N-ethyl adjacent to an activating group) is 1. The molecule has 2 N–H and O–H groups in total. The number of benzene rings is 2. The van der Waals surface area contributed by atoms with E-state index in [2.05, 4.69) is 0 Å². The Bertz CT molecular complexity index is 920. The van der Waals surface area contributed by atoms with Gasteiger partial charge in [-0.2, -0.15) is 0 Å². The summed E-state index contributed by atoms with van der Waals surface area (Å²) in [6.45, 7) is 3.76. The van der Waals surface area contributed by atoms with Crippen molar-refractivity contribution in [1.82, 2.24) is 4.90 Å². The van der Waals surface area contributed by atoms with Crippen LogP contribution < -0.4 is 9.64 Å². The van der Waals surface area contributed by atoms with E-state index in [1.54, 1.807) is 29.2 Å². The van der Waals surface area contributed by atoms with E-state index in [4.69, 9.17) is 4.74 Å². The molecule has 0 unspecified atom stereocenters. The summed E-state index contributed by atoms with van der Waals surface area (Å²) in [5.41, 5.74) is 1.41. The maximum Gasteiger partial charge on any atom is 0.295 e. The number of Topliss-reactive ketones (excluding diaryl/α,β-unsaturated/α-hetero) is 1. The third-order valence-electron chi connectivity index (χ3n) is 5.11. The van der Waals surface area contributed by atoms with E-state index in [-0.39, 0.29) is 11.3 Å². The molecular formula is C24H29N2O4+. The number of nitrogens with one attached hydrogen (secondary N) is 1. The molecule has 2 aromatic rings. The summed E-state index contributed by atoms with van der Waals surface area (Å²) < 4.78 is 5.59. The van der Waals surface area contributed by atoms with Crippen LogP contribution in [0.15, 0.2) is 60.2 Å². The van der Waals surface area contributed by atoms with Crippen LogP contribution in [0.25, 0.3) is 5.76 Å². The van der Waals surface area contributed by atoms with Crippen molar-refractivity contribution in [3.05, 3.63) is 71.3 Å². The van der Waals surface area contributed by atoms with E-state index < -0.39 is 17.7 Å². The molecule has 0 spiro atoms. The van der Waals surface area contributed by atoms with Crippen LogP contribution in [0, 0.1) is 0 Å². The Labute approximate surface area is 177 Å². The third-order valence-corrected chi connectivity index (χ3v) is 5.11. The number of ether oxygens (including phenoxy) is 1. The molecule has 0 bridgehead atoms. The zero-order valence-electron chi connectivity index (χ0n) is 17.7. The largest absolute Gasteiger partial charge is 0.507 e. The molecule has 1 atom stereocenters. The molecule has 0 radical (unpaired) electrons. The van der Waals surface area contributed by atoms with Crippen molar-refractivity contribution in [2.75, 3.05) is 33.8 Å². The lowest BCUT2D eigenvalue weighted by Crippen LogP contribution is -3.06. The van der Waals surface area contributed by atoms with Crippen LogP contribution in [0.1, 0.15) is 30.5 Å². The van der Waals surface area contributed by atoms with Crippen molar-refractivity contribution in [2.24, 2.45) is 0 Å². The quantitative estimate of drug-likeness (QED) is 0.398. The van der Waals surface area contributed by atoms with Gasteiger partial charge in [-0.1, -0.05) is 37.3 Å². The first kappa shape index (κ1) is 21.6. The molecule has 1 aliphatic heterocycles. The fourth-order valence-electron chi connectivity index (χ4n) is 3.52. The second-order valence-corrected chi connectivity index (χ2v) is 7.73. The number of carbonyl (C=O) groups is 2. The SMILES string of the molecule is CCCOc1ccc(/C(O)=C2\C(=O)C(=O)N(CC[NH+](C)C)[C@@H]2c2ccccc2)cc1. The van der Waals surface area contributed by atoms with Crippen molar-refractivity contribution in [3.8, 4) is 5.75 Å². The van der Waals surface area contributed by atoms with Crippen molar-refractivity contribution in [1.29, 1.82) is 0 Å².